The Hall–Kier alpha value is -3.03. The Morgan fingerprint density at radius 1 is 1.07 bits per heavy atom. The van der Waals surface area contributed by atoms with E-state index in [9.17, 15) is 14.7 Å². The SMILES string of the molecule is O=C(C[C@@H]1C=C[C@H](NC(=O)c2ccncc2)[C@H](CO)O1)Nc1ccccc1. The van der Waals surface area contributed by atoms with Crippen LogP contribution in [0.15, 0.2) is 67.0 Å². The third kappa shape index (κ3) is 5.22. The summed E-state index contributed by atoms with van der Waals surface area (Å²) in [4.78, 5) is 28.3. The van der Waals surface area contributed by atoms with Crippen LogP contribution in [0.25, 0.3) is 0 Å². The number of hydrogen-bond acceptors (Lipinski definition) is 5. The van der Waals surface area contributed by atoms with Crippen LogP contribution in [0.1, 0.15) is 16.8 Å². The standard InChI is InChI=1S/C20H21N3O4/c24-13-18-17(23-20(26)14-8-10-21-11-9-14)7-6-16(27-18)12-19(25)22-15-4-2-1-3-5-15/h1-11,16-18,24H,12-13H2,(H,22,25)(H,23,26)/t16-,17-,18-/m0/s1. The van der Waals surface area contributed by atoms with Crippen LogP contribution in [0.5, 0.6) is 0 Å². The van der Waals surface area contributed by atoms with Crippen molar-refractivity contribution in [3.8, 4) is 0 Å². The number of aliphatic hydroxyl groups excluding tert-OH is 1. The summed E-state index contributed by atoms with van der Waals surface area (Å²) in [6, 6.07) is 11.9. The molecule has 0 radical (unpaired) electrons. The summed E-state index contributed by atoms with van der Waals surface area (Å²) in [6.07, 6.45) is 5.57. The van der Waals surface area contributed by atoms with E-state index in [4.69, 9.17) is 4.74 Å². The Kier molecular flexibility index (Phi) is 6.30. The number of rotatable bonds is 6. The van der Waals surface area contributed by atoms with Gasteiger partial charge >= 0.3 is 0 Å². The number of pyridine rings is 1. The number of nitrogens with zero attached hydrogens (tertiary/aromatic N) is 1. The maximum Gasteiger partial charge on any atom is 0.251 e. The summed E-state index contributed by atoms with van der Waals surface area (Å²) in [5.41, 5.74) is 1.18. The number of carbonyl (C=O) groups is 2. The zero-order chi connectivity index (χ0) is 19.1. The van der Waals surface area contributed by atoms with Gasteiger partial charge in [0, 0.05) is 23.6 Å². The highest BCUT2D eigenvalue weighted by atomic mass is 16.5. The molecule has 1 aliphatic heterocycles. The predicted molar refractivity (Wildman–Crippen MR) is 100 cm³/mol. The zero-order valence-electron chi connectivity index (χ0n) is 14.6. The molecule has 1 aliphatic rings. The quantitative estimate of drug-likeness (QED) is 0.672. The summed E-state index contributed by atoms with van der Waals surface area (Å²) in [5, 5.41) is 15.2. The molecule has 7 heteroatoms. The first kappa shape index (κ1) is 18.8. The van der Waals surface area contributed by atoms with E-state index in [-0.39, 0.29) is 24.8 Å². The first-order valence-corrected chi connectivity index (χ1v) is 8.66. The van der Waals surface area contributed by atoms with Gasteiger partial charge in [-0.3, -0.25) is 14.6 Å². The van der Waals surface area contributed by atoms with Gasteiger partial charge in [-0.15, -0.1) is 0 Å². The molecule has 3 N–H and O–H groups in total. The molecule has 3 rings (SSSR count). The summed E-state index contributed by atoms with van der Waals surface area (Å²) < 4.78 is 5.77. The number of para-hydroxylation sites is 1. The maximum absolute atomic E-state index is 12.3. The first-order chi connectivity index (χ1) is 13.2. The van der Waals surface area contributed by atoms with E-state index >= 15 is 0 Å². The Morgan fingerprint density at radius 2 is 1.81 bits per heavy atom. The highest BCUT2D eigenvalue weighted by molar-refractivity contribution is 5.94. The molecule has 2 aromatic rings. The minimum absolute atomic E-state index is 0.118. The van der Waals surface area contributed by atoms with E-state index in [2.05, 4.69) is 15.6 Å². The van der Waals surface area contributed by atoms with Crippen LogP contribution in [0.4, 0.5) is 5.69 Å². The predicted octanol–water partition coefficient (Wildman–Crippen LogP) is 1.52. The smallest absolute Gasteiger partial charge is 0.251 e. The van der Waals surface area contributed by atoms with Crippen LogP contribution >= 0.6 is 0 Å². The third-order valence-corrected chi connectivity index (χ3v) is 4.15. The van der Waals surface area contributed by atoms with Crippen molar-refractivity contribution in [1.29, 1.82) is 0 Å². The number of nitrogens with one attached hydrogen (secondary N) is 2. The van der Waals surface area contributed by atoms with Gasteiger partial charge in [0.15, 0.2) is 0 Å². The van der Waals surface area contributed by atoms with Gasteiger partial charge in [-0.05, 0) is 24.3 Å². The van der Waals surface area contributed by atoms with Crippen molar-refractivity contribution in [1.82, 2.24) is 10.3 Å². The second-order valence-corrected chi connectivity index (χ2v) is 6.13. The molecule has 3 atom stereocenters. The lowest BCUT2D eigenvalue weighted by molar-refractivity contribution is -0.120. The molecule has 7 nitrogen and oxygen atoms in total. The van der Waals surface area contributed by atoms with E-state index in [1.165, 1.54) is 12.4 Å². The number of carbonyl (C=O) groups excluding carboxylic acids is 2. The molecular weight excluding hydrogens is 346 g/mol. The van der Waals surface area contributed by atoms with Crippen LogP contribution in [-0.4, -0.2) is 46.8 Å². The molecule has 2 amide bonds. The number of aliphatic hydroxyl groups is 1. The van der Waals surface area contributed by atoms with E-state index in [1.807, 2.05) is 18.2 Å². The summed E-state index contributed by atoms with van der Waals surface area (Å²) in [5.74, 6) is -0.471. The Morgan fingerprint density at radius 3 is 2.52 bits per heavy atom. The minimum Gasteiger partial charge on any atom is -0.394 e. The number of aromatic nitrogens is 1. The monoisotopic (exact) mass is 367 g/mol. The van der Waals surface area contributed by atoms with E-state index < -0.39 is 18.2 Å². The summed E-state index contributed by atoms with van der Waals surface area (Å²) in [6.45, 7) is -0.275. The Bertz CT molecular complexity index is 795. The van der Waals surface area contributed by atoms with Crippen LogP contribution < -0.4 is 10.6 Å². The molecule has 0 unspecified atom stereocenters. The van der Waals surface area contributed by atoms with E-state index in [0.29, 0.717) is 11.3 Å². The van der Waals surface area contributed by atoms with Gasteiger partial charge < -0.3 is 20.5 Å². The average Bonchev–Trinajstić information content (AvgIpc) is 2.70. The van der Waals surface area contributed by atoms with Gasteiger partial charge in [0.25, 0.3) is 5.91 Å². The van der Waals surface area contributed by atoms with Crippen LogP contribution in [0.3, 0.4) is 0 Å². The molecule has 0 saturated heterocycles. The number of hydrogen-bond donors (Lipinski definition) is 3. The molecule has 1 aromatic heterocycles. The number of anilines is 1. The van der Waals surface area contributed by atoms with Crippen LogP contribution in [0.2, 0.25) is 0 Å². The minimum atomic E-state index is -0.629. The van der Waals surface area contributed by atoms with Crippen molar-refractivity contribution in [2.75, 3.05) is 11.9 Å². The van der Waals surface area contributed by atoms with Gasteiger partial charge in [0.05, 0.1) is 25.2 Å². The molecule has 27 heavy (non-hydrogen) atoms. The fraction of sp³-hybridized carbons (Fsp3) is 0.250. The molecule has 0 spiro atoms. The van der Waals surface area contributed by atoms with Crippen molar-refractivity contribution >= 4 is 17.5 Å². The van der Waals surface area contributed by atoms with Crippen LogP contribution in [0, 0.1) is 0 Å². The van der Waals surface area contributed by atoms with E-state index in [0.717, 1.165) is 0 Å². The van der Waals surface area contributed by atoms with E-state index in [1.54, 1.807) is 36.4 Å². The third-order valence-electron chi connectivity index (χ3n) is 4.15. The first-order valence-electron chi connectivity index (χ1n) is 8.66. The molecule has 0 bridgehead atoms. The lowest BCUT2D eigenvalue weighted by Gasteiger charge is -2.31. The molecular formula is C20H21N3O4. The second kappa shape index (κ2) is 9.07. The average molecular weight is 367 g/mol. The molecule has 2 heterocycles. The normalized spacial score (nSPS) is 21.4. The van der Waals surface area contributed by atoms with Crippen molar-refractivity contribution in [3.63, 3.8) is 0 Å². The van der Waals surface area contributed by atoms with Crippen LogP contribution in [-0.2, 0) is 9.53 Å². The van der Waals surface area contributed by atoms with Crippen molar-refractivity contribution in [3.05, 3.63) is 72.6 Å². The number of ether oxygens (including phenoxy) is 1. The summed E-state index contributed by atoms with van der Waals surface area (Å²) in [7, 11) is 0. The zero-order valence-corrected chi connectivity index (χ0v) is 14.6. The lowest BCUT2D eigenvalue weighted by atomic mass is 10.0. The van der Waals surface area contributed by atoms with Gasteiger partial charge in [0.1, 0.15) is 6.10 Å². The fourth-order valence-electron chi connectivity index (χ4n) is 2.79. The fourth-order valence-corrected chi connectivity index (χ4v) is 2.79. The Labute approximate surface area is 157 Å². The highest BCUT2D eigenvalue weighted by Crippen LogP contribution is 2.17. The van der Waals surface area contributed by atoms with Crippen molar-refractivity contribution < 1.29 is 19.4 Å². The second-order valence-electron chi connectivity index (χ2n) is 6.13. The number of amides is 2. The molecule has 0 fully saturated rings. The largest absolute Gasteiger partial charge is 0.394 e. The molecule has 140 valence electrons. The topological polar surface area (TPSA) is 101 Å². The Balaban J connectivity index is 1.57. The number of benzene rings is 1. The lowest BCUT2D eigenvalue weighted by Crippen LogP contribution is -2.48. The van der Waals surface area contributed by atoms with Crippen molar-refractivity contribution in [2.45, 2.75) is 24.7 Å². The molecule has 0 saturated carbocycles. The maximum atomic E-state index is 12.3. The molecule has 0 aliphatic carbocycles. The molecule has 1 aromatic carbocycles. The van der Waals surface area contributed by atoms with Crippen molar-refractivity contribution in [2.24, 2.45) is 0 Å². The van der Waals surface area contributed by atoms with Gasteiger partial charge in [-0.25, -0.2) is 0 Å². The summed E-state index contributed by atoms with van der Waals surface area (Å²) >= 11 is 0. The van der Waals surface area contributed by atoms with Gasteiger partial charge in [-0.2, -0.15) is 0 Å². The highest BCUT2D eigenvalue weighted by Gasteiger charge is 2.29. The van der Waals surface area contributed by atoms with Gasteiger partial charge in [0.2, 0.25) is 5.91 Å². The van der Waals surface area contributed by atoms with Gasteiger partial charge in [-0.1, -0.05) is 30.4 Å².